The molecule has 0 aliphatic heterocycles. The summed E-state index contributed by atoms with van der Waals surface area (Å²) in [7, 11) is 3.33. The molecular formula is C28H28Cl2N6O3. The minimum atomic E-state index is -0.561. The van der Waals surface area contributed by atoms with Crippen LogP contribution in [-0.4, -0.2) is 40.9 Å². The average Bonchev–Trinajstić information content (AvgIpc) is 2.91. The molecule has 0 atom stereocenters. The van der Waals surface area contributed by atoms with E-state index in [-0.39, 0.29) is 28.1 Å². The Kier molecular flexibility index (Phi) is 8.22. The van der Waals surface area contributed by atoms with Crippen molar-refractivity contribution < 1.29 is 14.3 Å². The third-order valence-electron chi connectivity index (χ3n) is 5.92. The van der Waals surface area contributed by atoms with E-state index in [0.717, 1.165) is 5.39 Å². The zero-order chi connectivity index (χ0) is 28.3. The summed E-state index contributed by atoms with van der Waals surface area (Å²) < 4.78 is 5.27. The highest BCUT2D eigenvalue weighted by molar-refractivity contribution is 6.40. The number of halogens is 2. The van der Waals surface area contributed by atoms with Gasteiger partial charge in [-0.3, -0.25) is 14.6 Å². The fourth-order valence-electron chi connectivity index (χ4n) is 3.75. The fraction of sp³-hybridized carbons (Fsp3) is 0.250. The van der Waals surface area contributed by atoms with Gasteiger partial charge in [0, 0.05) is 41.8 Å². The first-order valence-electron chi connectivity index (χ1n) is 12.1. The highest BCUT2D eigenvalue weighted by Crippen LogP contribution is 2.31. The van der Waals surface area contributed by atoms with Crippen LogP contribution in [0.4, 0.5) is 11.5 Å². The second-order valence-electron chi connectivity index (χ2n) is 9.77. The number of nitrogens with one attached hydrogen (secondary N) is 3. The van der Waals surface area contributed by atoms with E-state index in [1.807, 2.05) is 26.8 Å². The molecule has 0 aliphatic carbocycles. The molecule has 39 heavy (non-hydrogen) atoms. The number of rotatable bonds is 7. The molecule has 2 aromatic heterocycles. The molecule has 0 radical (unpaired) electrons. The minimum absolute atomic E-state index is 0.114. The molecule has 4 aromatic rings. The summed E-state index contributed by atoms with van der Waals surface area (Å²) in [5.74, 6) is 1.01. The van der Waals surface area contributed by atoms with Crippen molar-refractivity contribution in [2.24, 2.45) is 5.41 Å². The van der Waals surface area contributed by atoms with E-state index in [9.17, 15) is 9.59 Å². The Morgan fingerprint density at radius 2 is 1.79 bits per heavy atom. The number of benzene rings is 2. The summed E-state index contributed by atoms with van der Waals surface area (Å²) in [5, 5.41) is 9.91. The number of nitrogens with zero attached hydrogens (tertiary/aromatic N) is 3. The molecule has 0 saturated carbocycles. The average molecular weight is 567 g/mol. The molecule has 202 valence electrons. The van der Waals surface area contributed by atoms with Gasteiger partial charge in [-0.25, -0.2) is 9.97 Å². The van der Waals surface area contributed by atoms with E-state index < -0.39 is 11.3 Å². The van der Waals surface area contributed by atoms with Crippen LogP contribution in [0.1, 0.15) is 36.7 Å². The Bertz CT molecular complexity index is 1570. The molecule has 11 heteroatoms. The fourth-order valence-corrected chi connectivity index (χ4v) is 4.36. The highest BCUT2D eigenvalue weighted by Gasteiger charge is 2.23. The van der Waals surface area contributed by atoms with E-state index in [0.29, 0.717) is 39.7 Å². The first-order valence-corrected chi connectivity index (χ1v) is 12.8. The predicted molar refractivity (Wildman–Crippen MR) is 155 cm³/mol. The van der Waals surface area contributed by atoms with Crippen molar-refractivity contribution in [2.45, 2.75) is 27.3 Å². The molecule has 0 unspecified atom stereocenters. The molecule has 2 aromatic carbocycles. The van der Waals surface area contributed by atoms with E-state index in [1.165, 1.54) is 0 Å². The normalized spacial score (nSPS) is 11.3. The van der Waals surface area contributed by atoms with Crippen LogP contribution < -0.4 is 20.7 Å². The number of ether oxygens (including phenoxy) is 1. The first kappa shape index (κ1) is 28.1. The van der Waals surface area contributed by atoms with Crippen molar-refractivity contribution in [1.82, 2.24) is 20.3 Å². The number of hydrogen-bond donors (Lipinski definition) is 3. The van der Waals surface area contributed by atoms with Crippen LogP contribution in [0.25, 0.3) is 22.3 Å². The third kappa shape index (κ3) is 6.21. The van der Waals surface area contributed by atoms with Crippen LogP contribution in [0, 0.1) is 5.41 Å². The van der Waals surface area contributed by atoms with E-state index in [4.69, 9.17) is 27.9 Å². The molecule has 2 amide bonds. The maximum Gasteiger partial charge on any atom is 0.258 e. The standard InChI is InChI=1S/C28H28Cl2N6O3/c1-28(2,3)27(38)33-13-15-6-9-20(29)22(23(15)30)26(37)34-17-7-8-19-21(11-17)35-24(36-25(19)31-4)16-10-18(39-5)14-32-12-16/h6-12,14H,13H2,1-5H3,(H,33,38)(H,34,37)(H,31,35,36). The van der Waals surface area contributed by atoms with Gasteiger partial charge in [0.15, 0.2) is 5.82 Å². The predicted octanol–water partition coefficient (Wildman–Crippen LogP) is 5.96. The second kappa shape index (κ2) is 11.4. The zero-order valence-electron chi connectivity index (χ0n) is 22.1. The van der Waals surface area contributed by atoms with Gasteiger partial charge in [-0.15, -0.1) is 0 Å². The molecule has 4 rings (SSSR count). The molecule has 3 N–H and O–H groups in total. The van der Waals surface area contributed by atoms with Gasteiger partial charge in [-0.05, 0) is 35.9 Å². The third-order valence-corrected chi connectivity index (χ3v) is 6.66. The maximum atomic E-state index is 13.3. The molecule has 0 bridgehead atoms. The van der Waals surface area contributed by atoms with Gasteiger partial charge in [0.25, 0.3) is 5.91 Å². The van der Waals surface area contributed by atoms with Crippen molar-refractivity contribution in [2.75, 3.05) is 24.8 Å². The quantitative estimate of drug-likeness (QED) is 0.252. The molecule has 2 heterocycles. The summed E-state index contributed by atoms with van der Waals surface area (Å²) in [5.41, 5.74) is 1.89. The van der Waals surface area contributed by atoms with Gasteiger partial charge in [0.2, 0.25) is 5.91 Å². The number of hydrogen-bond acceptors (Lipinski definition) is 7. The van der Waals surface area contributed by atoms with Gasteiger partial charge in [0.1, 0.15) is 11.6 Å². The van der Waals surface area contributed by atoms with Crippen LogP contribution in [0.15, 0.2) is 48.8 Å². The smallest absolute Gasteiger partial charge is 0.258 e. The van der Waals surface area contributed by atoms with Crippen molar-refractivity contribution >= 4 is 57.4 Å². The van der Waals surface area contributed by atoms with Gasteiger partial charge >= 0.3 is 0 Å². The summed E-state index contributed by atoms with van der Waals surface area (Å²) in [6.45, 7) is 5.60. The molecule has 9 nitrogen and oxygen atoms in total. The van der Waals surface area contributed by atoms with Crippen LogP contribution in [0.3, 0.4) is 0 Å². The maximum absolute atomic E-state index is 13.3. The Morgan fingerprint density at radius 1 is 1.03 bits per heavy atom. The number of anilines is 2. The Hall–Kier alpha value is -3.95. The number of fused-ring (bicyclic) bond motifs is 1. The van der Waals surface area contributed by atoms with Crippen molar-refractivity contribution in [3.05, 3.63) is 70.0 Å². The second-order valence-corrected chi connectivity index (χ2v) is 10.6. The van der Waals surface area contributed by atoms with E-state index in [2.05, 4.69) is 30.9 Å². The summed E-state index contributed by atoms with van der Waals surface area (Å²) in [4.78, 5) is 39.1. The highest BCUT2D eigenvalue weighted by atomic mass is 35.5. The lowest BCUT2D eigenvalue weighted by molar-refractivity contribution is -0.128. The molecule has 0 spiro atoms. The van der Waals surface area contributed by atoms with Crippen LogP contribution in [-0.2, 0) is 11.3 Å². The monoisotopic (exact) mass is 566 g/mol. The van der Waals surface area contributed by atoms with E-state index in [1.54, 1.807) is 56.9 Å². The van der Waals surface area contributed by atoms with Gasteiger partial charge < -0.3 is 20.7 Å². The first-order chi connectivity index (χ1) is 18.5. The lowest BCUT2D eigenvalue weighted by Crippen LogP contribution is -2.34. The summed E-state index contributed by atoms with van der Waals surface area (Å²) in [6, 6.07) is 10.4. The molecular weight excluding hydrogens is 539 g/mol. The van der Waals surface area contributed by atoms with Gasteiger partial charge in [-0.1, -0.05) is 50.0 Å². The largest absolute Gasteiger partial charge is 0.495 e. The zero-order valence-corrected chi connectivity index (χ0v) is 23.7. The SMILES string of the molecule is CNc1nc(-c2cncc(OC)c2)nc2cc(NC(=O)c3c(Cl)ccc(CNC(=O)C(C)(C)C)c3Cl)ccc12. The minimum Gasteiger partial charge on any atom is -0.495 e. The van der Waals surface area contributed by atoms with Crippen LogP contribution >= 0.6 is 23.2 Å². The molecule has 0 aliphatic rings. The number of carbonyl (C=O) groups is 2. The molecule has 0 fully saturated rings. The summed E-state index contributed by atoms with van der Waals surface area (Å²) in [6.07, 6.45) is 3.25. The van der Waals surface area contributed by atoms with Gasteiger partial charge in [0.05, 0.1) is 34.4 Å². The number of aromatic nitrogens is 3. The number of pyridine rings is 1. The molecule has 0 saturated heterocycles. The Morgan fingerprint density at radius 3 is 2.49 bits per heavy atom. The summed E-state index contributed by atoms with van der Waals surface area (Å²) >= 11 is 12.9. The lowest BCUT2D eigenvalue weighted by atomic mass is 9.95. The lowest BCUT2D eigenvalue weighted by Gasteiger charge is -2.18. The van der Waals surface area contributed by atoms with Crippen molar-refractivity contribution in [3.63, 3.8) is 0 Å². The Balaban J connectivity index is 1.64. The van der Waals surface area contributed by atoms with Crippen LogP contribution in [0.2, 0.25) is 10.0 Å². The van der Waals surface area contributed by atoms with Gasteiger partial charge in [-0.2, -0.15) is 0 Å². The number of amides is 2. The van der Waals surface area contributed by atoms with Crippen LogP contribution in [0.5, 0.6) is 5.75 Å². The topological polar surface area (TPSA) is 118 Å². The number of methoxy groups -OCH3 is 1. The van der Waals surface area contributed by atoms with Crippen molar-refractivity contribution in [3.8, 4) is 17.1 Å². The van der Waals surface area contributed by atoms with Crippen molar-refractivity contribution in [1.29, 1.82) is 0 Å². The Labute approximate surface area is 236 Å². The number of carbonyl (C=O) groups excluding carboxylic acids is 2. The van der Waals surface area contributed by atoms with E-state index >= 15 is 0 Å².